The molecular formula is C13H26N2S. The van der Waals surface area contributed by atoms with Gasteiger partial charge in [0.2, 0.25) is 0 Å². The molecule has 0 radical (unpaired) electrons. The summed E-state index contributed by atoms with van der Waals surface area (Å²) < 4.78 is 0. The van der Waals surface area contributed by atoms with Gasteiger partial charge in [-0.25, -0.2) is 0 Å². The van der Waals surface area contributed by atoms with Gasteiger partial charge < -0.3 is 5.32 Å². The quantitative estimate of drug-likeness (QED) is 0.719. The molecule has 0 spiro atoms. The smallest absolute Gasteiger partial charge is 0.0224 e. The van der Waals surface area contributed by atoms with Gasteiger partial charge in [-0.15, -0.1) is 0 Å². The lowest BCUT2D eigenvalue weighted by Gasteiger charge is -2.40. The molecule has 0 bridgehead atoms. The standard InChI is InChI=1S/C13H26N2S/c1-3-12-9-14-13(11-5-6-11)10-15(12)7-4-8-16-2/h11-14H,3-10H2,1-2H3. The van der Waals surface area contributed by atoms with Crippen LogP contribution in [0.5, 0.6) is 0 Å². The highest BCUT2D eigenvalue weighted by Crippen LogP contribution is 2.34. The largest absolute Gasteiger partial charge is 0.311 e. The van der Waals surface area contributed by atoms with E-state index in [1.165, 1.54) is 51.1 Å². The normalized spacial score (nSPS) is 31.9. The van der Waals surface area contributed by atoms with E-state index < -0.39 is 0 Å². The zero-order chi connectivity index (χ0) is 11.4. The Balaban J connectivity index is 1.78. The molecule has 0 aromatic rings. The zero-order valence-electron chi connectivity index (χ0n) is 10.7. The first-order chi connectivity index (χ1) is 7.85. The van der Waals surface area contributed by atoms with Crippen molar-refractivity contribution in [2.45, 2.75) is 44.7 Å². The summed E-state index contributed by atoms with van der Waals surface area (Å²) in [7, 11) is 0. The molecule has 2 unspecified atom stereocenters. The van der Waals surface area contributed by atoms with Crippen LogP contribution in [0.3, 0.4) is 0 Å². The number of hydrogen-bond acceptors (Lipinski definition) is 3. The summed E-state index contributed by atoms with van der Waals surface area (Å²) in [5.41, 5.74) is 0. The van der Waals surface area contributed by atoms with E-state index in [0.29, 0.717) is 0 Å². The van der Waals surface area contributed by atoms with E-state index >= 15 is 0 Å². The molecule has 0 amide bonds. The second kappa shape index (κ2) is 6.27. The molecule has 2 nitrogen and oxygen atoms in total. The lowest BCUT2D eigenvalue weighted by Crippen LogP contribution is -2.57. The maximum absolute atomic E-state index is 3.76. The van der Waals surface area contributed by atoms with Crippen LogP contribution in [-0.4, -0.2) is 48.6 Å². The summed E-state index contributed by atoms with van der Waals surface area (Å²) in [6.07, 6.45) is 7.79. The molecule has 1 N–H and O–H groups in total. The maximum atomic E-state index is 3.76. The van der Waals surface area contributed by atoms with Gasteiger partial charge in [-0.1, -0.05) is 6.92 Å². The van der Waals surface area contributed by atoms with Crippen molar-refractivity contribution in [3.63, 3.8) is 0 Å². The minimum absolute atomic E-state index is 0.789. The molecule has 0 aromatic heterocycles. The fourth-order valence-corrected chi connectivity index (χ4v) is 3.20. The summed E-state index contributed by atoms with van der Waals surface area (Å²) in [4.78, 5) is 2.75. The topological polar surface area (TPSA) is 15.3 Å². The summed E-state index contributed by atoms with van der Waals surface area (Å²) >= 11 is 1.98. The molecule has 2 aliphatic rings. The van der Waals surface area contributed by atoms with Crippen LogP contribution >= 0.6 is 11.8 Å². The summed E-state index contributed by atoms with van der Waals surface area (Å²) in [6, 6.07) is 1.59. The predicted molar refractivity (Wildman–Crippen MR) is 73.2 cm³/mol. The SMILES string of the molecule is CCC1CNC(C2CC2)CN1CCCSC. The fourth-order valence-electron chi connectivity index (χ4n) is 2.79. The summed E-state index contributed by atoms with van der Waals surface area (Å²) in [5.74, 6) is 2.31. The first-order valence-electron chi connectivity index (χ1n) is 6.81. The third-order valence-corrected chi connectivity index (χ3v) is 4.72. The van der Waals surface area contributed by atoms with E-state index in [9.17, 15) is 0 Å². The van der Waals surface area contributed by atoms with E-state index in [-0.39, 0.29) is 0 Å². The Hall–Kier alpha value is 0.270. The molecule has 0 aromatic carbocycles. The van der Waals surface area contributed by atoms with Gasteiger partial charge in [0, 0.05) is 25.2 Å². The molecule has 16 heavy (non-hydrogen) atoms. The maximum Gasteiger partial charge on any atom is 0.0224 e. The number of nitrogens with zero attached hydrogens (tertiary/aromatic N) is 1. The number of piperazine rings is 1. The highest BCUT2D eigenvalue weighted by molar-refractivity contribution is 7.98. The van der Waals surface area contributed by atoms with E-state index in [4.69, 9.17) is 0 Å². The summed E-state index contributed by atoms with van der Waals surface area (Å²) in [6.45, 7) is 6.16. The fraction of sp³-hybridized carbons (Fsp3) is 1.00. The van der Waals surface area contributed by atoms with E-state index in [1.54, 1.807) is 0 Å². The third-order valence-electron chi connectivity index (χ3n) is 4.02. The van der Waals surface area contributed by atoms with Crippen LogP contribution in [0, 0.1) is 5.92 Å². The van der Waals surface area contributed by atoms with Crippen LogP contribution in [0.2, 0.25) is 0 Å². The average molecular weight is 242 g/mol. The molecule has 94 valence electrons. The Morgan fingerprint density at radius 3 is 2.81 bits per heavy atom. The Morgan fingerprint density at radius 2 is 2.19 bits per heavy atom. The highest BCUT2D eigenvalue weighted by Gasteiger charge is 2.36. The Kier molecular flexibility index (Phi) is 4.98. The molecule has 2 rings (SSSR count). The molecule has 2 fully saturated rings. The van der Waals surface area contributed by atoms with Crippen molar-refractivity contribution < 1.29 is 0 Å². The minimum atomic E-state index is 0.789. The van der Waals surface area contributed by atoms with E-state index in [2.05, 4.69) is 23.4 Å². The first kappa shape index (κ1) is 12.7. The highest BCUT2D eigenvalue weighted by atomic mass is 32.2. The predicted octanol–water partition coefficient (Wildman–Crippen LogP) is 2.20. The molecule has 1 saturated carbocycles. The van der Waals surface area contributed by atoms with Gasteiger partial charge in [0.05, 0.1) is 0 Å². The molecule has 1 aliphatic carbocycles. The Labute approximate surface area is 105 Å². The van der Waals surface area contributed by atoms with Crippen LogP contribution < -0.4 is 5.32 Å². The van der Waals surface area contributed by atoms with Crippen LogP contribution in [0.15, 0.2) is 0 Å². The second-order valence-electron chi connectivity index (χ2n) is 5.26. The number of nitrogens with one attached hydrogen (secondary N) is 1. The minimum Gasteiger partial charge on any atom is -0.311 e. The lowest BCUT2D eigenvalue weighted by atomic mass is 10.0. The number of rotatable bonds is 6. The molecule has 2 atom stereocenters. The number of hydrogen-bond donors (Lipinski definition) is 1. The van der Waals surface area contributed by atoms with Gasteiger partial charge in [-0.3, -0.25) is 4.90 Å². The monoisotopic (exact) mass is 242 g/mol. The van der Waals surface area contributed by atoms with Crippen LogP contribution in [0.25, 0.3) is 0 Å². The molecular weight excluding hydrogens is 216 g/mol. The average Bonchev–Trinajstić information content (AvgIpc) is 3.13. The number of thioether (sulfide) groups is 1. The lowest BCUT2D eigenvalue weighted by molar-refractivity contribution is 0.119. The molecule has 3 heteroatoms. The molecule has 1 saturated heterocycles. The molecule has 1 heterocycles. The van der Waals surface area contributed by atoms with Gasteiger partial charge in [-0.2, -0.15) is 11.8 Å². The first-order valence-corrected chi connectivity index (χ1v) is 8.21. The van der Waals surface area contributed by atoms with Crippen molar-refractivity contribution in [1.82, 2.24) is 10.2 Å². The van der Waals surface area contributed by atoms with Gasteiger partial charge in [0.1, 0.15) is 0 Å². The van der Waals surface area contributed by atoms with Crippen molar-refractivity contribution in [3.8, 4) is 0 Å². The van der Waals surface area contributed by atoms with E-state index in [0.717, 1.165) is 18.0 Å². The Morgan fingerprint density at radius 1 is 1.38 bits per heavy atom. The van der Waals surface area contributed by atoms with Crippen LogP contribution in [0.4, 0.5) is 0 Å². The zero-order valence-corrected chi connectivity index (χ0v) is 11.6. The van der Waals surface area contributed by atoms with Gasteiger partial charge in [-0.05, 0) is 50.2 Å². The van der Waals surface area contributed by atoms with E-state index in [1.807, 2.05) is 11.8 Å². The second-order valence-corrected chi connectivity index (χ2v) is 6.24. The molecule has 1 aliphatic heterocycles. The van der Waals surface area contributed by atoms with Gasteiger partial charge in [0.25, 0.3) is 0 Å². The van der Waals surface area contributed by atoms with Crippen molar-refractivity contribution in [2.24, 2.45) is 5.92 Å². The van der Waals surface area contributed by atoms with Crippen molar-refractivity contribution in [1.29, 1.82) is 0 Å². The van der Waals surface area contributed by atoms with Crippen LogP contribution in [-0.2, 0) is 0 Å². The summed E-state index contributed by atoms with van der Waals surface area (Å²) in [5, 5.41) is 3.76. The third kappa shape index (κ3) is 3.38. The van der Waals surface area contributed by atoms with Gasteiger partial charge in [0.15, 0.2) is 0 Å². The van der Waals surface area contributed by atoms with Crippen molar-refractivity contribution >= 4 is 11.8 Å². The Bertz CT molecular complexity index is 206. The van der Waals surface area contributed by atoms with Gasteiger partial charge >= 0.3 is 0 Å². The van der Waals surface area contributed by atoms with Crippen LogP contribution in [0.1, 0.15) is 32.6 Å². The van der Waals surface area contributed by atoms with Crippen molar-refractivity contribution in [3.05, 3.63) is 0 Å². The van der Waals surface area contributed by atoms with Crippen molar-refractivity contribution in [2.75, 3.05) is 31.6 Å².